The van der Waals surface area contributed by atoms with E-state index in [9.17, 15) is 0 Å². The van der Waals surface area contributed by atoms with Gasteiger partial charge in [0.2, 0.25) is 0 Å². The third-order valence-electron chi connectivity index (χ3n) is 3.31. The summed E-state index contributed by atoms with van der Waals surface area (Å²) in [5.74, 6) is 1.80. The van der Waals surface area contributed by atoms with Crippen LogP contribution in [0.25, 0.3) is 10.4 Å². The van der Waals surface area contributed by atoms with E-state index in [4.69, 9.17) is 4.74 Å². The van der Waals surface area contributed by atoms with Crippen molar-refractivity contribution in [2.75, 3.05) is 13.7 Å². The fraction of sp³-hybridized carbons (Fsp3) is 0.400. The van der Waals surface area contributed by atoms with Crippen molar-refractivity contribution in [2.45, 2.75) is 19.4 Å². The highest BCUT2D eigenvalue weighted by Gasteiger charge is 2.20. The Hall–Kier alpha value is -1.39. The number of nitrogens with one attached hydrogen (secondary N) is 1. The normalized spacial score (nSPS) is 14.6. The van der Waals surface area contributed by atoms with E-state index in [1.54, 1.807) is 18.4 Å². The zero-order chi connectivity index (χ0) is 13.1. The Morgan fingerprint density at radius 3 is 3.11 bits per heavy atom. The summed E-state index contributed by atoms with van der Waals surface area (Å²) in [7, 11) is 1.69. The fourth-order valence-electron chi connectivity index (χ4n) is 2.01. The average molecular weight is 274 g/mol. The molecule has 1 saturated carbocycles. The lowest BCUT2D eigenvalue weighted by atomic mass is 10.2. The van der Waals surface area contributed by atoms with Gasteiger partial charge in [-0.2, -0.15) is 0 Å². The number of nitrogens with zero attached hydrogens (tertiary/aromatic N) is 1. The summed E-state index contributed by atoms with van der Waals surface area (Å²) in [6, 6.07) is 8.12. The molecule has 0 saturated heterocycles. The maximum atomic E-state index is 5.25. The highest BCUT2D eigenvalue weighted by molar-refractivity contribution is 7.15. The van der Waals surface area contributed by atoms with E-state index < -0.39 is 0 Å². The summed E-state index contributed by atoms with van der Waals surface area (Å²) in [6.45, 7) is 2.01. The molecule has 0 radical (unpaired) electrons. The lowest BCUT2D eigenvalue weighted by molar-refractivity contribution is 0.415. The Morgan fingerprint density at radius 2 is 2.32 bits per heavy atom. The predicted molar refractivity (Wildman–Crippen MR) is 78.5 cm³/mol. The zero-order valence-electron chi connectivity index (χ0n) is 11.1. The first-order valence-corrected chi connectivity index (χ1v) is 7.46. The van der Waals surface area contributed by atoms with E-state index in [2.05, 4.69) is 22.4 Å². The van der Waals surface area contributed by atoms with Gasteiger partial charge in [0.25, 0.3) is 0 Å². The predicted octanol–water partition coefficient (Wildman–Crippen LogP) is 3.32. The van der Waals surface area contributed by atoms with Crippen LogP contribution in [0.5, 0.6) is 5.75 Å². The summed E-state index contributed by atoms with van der Waals surface area (Å²) in [6.07, 6.45) is 4.73. The van der Waals surface area contributed by atoms with E-state index in [0.29, 0.717) is 0 Å². The smallest absolute Gasteiger partial charge is 0.119 e. The number of hydrogen-bond donors (Lipinski definition) is 1. The van der Waals surface area contributed by atoms with Gasteiger partial charge in [-0.1, -0.05) is 12.1 Å². The van der Waals surface area contributed by atoms with Crippen molar-refractivity contribution in [3.8, 4) is 16.2 Å². The Bertz CT molecular complexity index is 549. The molecule has 1 aliphatic rings. The van der Waals surface area contributed by atoms with Crippen molar-refractivity contribution in [3.63, 3.8) is 0 Å². The molecule has 4 heteroatoms. The third-order valence-corrected chi connectivity index (χ3v) is 4.36. The van der Waals surface area contributed by atoms with Gasteiger partial charge in [0.15, 0.2) is 0 Å². The van der Waals surface area contributed by atoms with Crippen LogP contribution >= 0.6 is 11.3 Å². The molecule has 19 heavy (non-hydrogen) atoms. The second-order valence-corrected chi connectivity index (χ2v) is 6.04. The van der Waals surface area contributed by atoms with Gasteiger partial charge in [0.05, 0.1) is 12.0 Å². The highest BCUT2D eigenvalue weighted by Crippen LogP contribution is 2.29. The molecule has 1 fully saturated rings. The number of benzene rings is 1. The van der Waals surface area contributed by atoms with Gasteiger partial charge >= 0.3 is 0 Å². The Kier molecular flexibility index (Phi) is 3.80. The molecule has 2 aromatic rings. The third kappa shape index (κ3) is 3.33. The average Bonchev–Trinajstić information content (AvgIpc) is 3.15. The number of hydrogen-bond acceptors (Lipinski definition) is 4. The standard InChI is InChI=1S/C15H18N2OS/c1-18-13-4-2-3-12(7-13)14-9-17-15(19-14)10-16-8-11-5-6-11/h2-4,7,9,11,16H,5-6,8,10H2,1H3. The number of aromatic nitrogens is 1. The Morgan fingerprint density at radius 1 is 1.42 bits per heavy atom. The largest absolute Gasteiger partial charge is 0.497 e. The van der Waals surface area contributed by atoms with Crippen LogP contribution in [0.4, 0.5) is 0 Å². The van der Waals surface area contributed by atoms with Crippen LogP contribution in [0.3, 0.4) is 0 Å². The fourth-order valence-corrected chi connectivity index (χ4v) is 2.89. The number of methoxy groups -OCH3 is 1. The first kappa shape index (κ1) is 12.6. The van der Waals surface area contributed by atoms with E-state index in [0.717, 1.165) is 29.8 Å². The second kappa shape index (κ2) is 5.72. The maximum absolute atomic E-state index is 5.25. The molecule has 0 spiro atoms. The first-order chi connectivity index (χ1) is 9.35. The van der Waals surface area contributed by atoms with E-state index in [1.165, 1.54) is 23.3 Å². The summed E-state index contributed by atoms with van der Waals surface area (Å²) in [5.41, 5.74) is 1.17. The SMILES string of the molecule is COc1cccc(-c2cnc(CNCC3CC3)s2)c1. The summed E-state index contributed by atoms with van der Waals surface area (Å²) < 4.78 is 5.25. The topological polar surface area (TPSA) is 34.1 Å². The molecule has 1 heterocycles. The number of ether oxygens (including phenoxy) is 1. The molecular formula is C15H18N2OS. The summed E-state index contributed by atoms with van der Waals surface area (Å²) in [5, 5.41) is 4.63. The zero-order valence-corrected chi connectivity index (χ0v) is 11.9. The van der Waals surface area contributed by atoms with Gasteiger partial charge in [-0.3, -0.25) is 0 Å². The van der Waals surface area contributed by atoms with E-state index >= 15 is 0 Å². The molecule has 0 aliphatic heterocycles. The van der Waals surface area contributed by atoms with Crippen molar-refractivity contribution in [1.82, 2.24) is 10.3 Å². The monoisotopic (exact) mass is 274 g/mol. The summed E-state index contributed by atoms with van der Waals surface area (Å²) in [4.78, 5) is 5.68. The molecule has 1 aromatic carbocycles. The first-order valence-electron chi connectivity index (χ1n) is 6.65. The van der Waals surface area contributed by atoms with Crippen molar-refractivity contribution < 1.29 is 4.74 Å². The van der Waals surface area contributed by atoms with Gasteiger partial charge in [-0.05, 0) is 43.0 Å². The number of thiazole rings is 1. The van der Waals surface area contributed by atoms with Crippen molar-refractivity contribution >= 4 is 11.3 Å². The molecule has 100 valence electrons. The van der Waals surface area contributed by atoms with Crippen LogP contribution in [0.2, 0.25) is 0 Å². The van der Waals surface area contributed by atoms with Crippen LogP contribution in [0.15, 0.2) is 30.5 Å². The summed E-state index contributed by atoms with van der Waals surface area (Å²) >= 11 is 1.75. The van der Waals surface area contributed by atoms with E-state index in [1.807, 2.05) is 18.3 Å². The van der Waals surface area contributed by atoms with Crippen molar-refractivity contribution in [2.24, 2.45) is 5.92 Å². The van der Waals surface area contributed by atoms with Crippen LogP contribution in [-0.2, 0) is 6.54 Å². The van der Waals surface area contributed by atoms with Gasteiger partial charge in [0, 0.05) is 12.7 Å². The Labute approximate surface area is 117 Å². The molecule has 0 bridgehead atoms. The van der Waals surface area contributed by atoms with Crippen LogP contribution in [0.1, 0.15) is 17.8 Å². The van der Waals surface area contributed by atoms with Gasteiger partial charge < -0.3 is 10.1 Å². The van der Waals surface area contributed by atoms with Gasteiger partial charge in [-0.25, -0.2) is 4.98 Å². The minimum Gasteiger partial charge on any atom is -0.497 e. The van der Waals surface area contributed by atoms with Crippen LogP contribution < -0.4 is 10.1 Å². The Balaban J connectivity index is 1.65. The molecule has 3 nitrogen and oxygen atoms in total. The molecule has 3 rings (SSSR count). The molecule has 0 unspecified atom stereocenters. The molecular weight excluding hydrogens is 256 g/mol. The number of rotatable bonds is 6. The van der Waals surface area contributed by atoms with Gasteiger partial charge in [-0.15, -0.1) is 11.3 Å². The van der Waals surface area contributed by atoms with Crippen molar-refractivity contribution in [3.05, 3.63) is 35.5 Å². The molecule has 1 N–H and O–H groups in total. The quantitative estimate of drug-likeness (QED) is 0.877. The maximum Gasteiger partial charge on any atom is 0.119 e. The molecule has 1 aromatic heterocycles. The lowest BCUT2D eigenvalue weighted by Crippen LogP contribution is -2.15. The van der Waals surface area contributed by atoms with Crippen LogP contribution in [-0.4, -0.2) is 18.6 Å². The van der Waals surface area contributed by atoms with Crippen molar-refractivity contribution in [1.29, 1.82) is 0 Å². The molecule has 0 atom stereocenters. The van der Waals surface area contributed by atoms with E-state index in [-0.39, 0.29) is 0 Å². The van der Waals surface area contributed by atoms with Gasteiger partial charge in [0.1, 0.15) is 10.8 Å². The minimum absolute atomic E-state index is 0.880. The molecule has 1 aliphatic carbocycles. The van der Waals surface area contributed by atoms with Crippen LogP contribution in [0, 0.1) is 5.92 Å². The highest BCUT2D eigenvalue weighted by atomic mass is 32.1. The molecule has 0 amide bonds. The minimum atomic E-state index is 0.880. The lowest BCUT2D eigenvalue weighted by Gasteiger charge is -2.01. The second-order valence-electron chi connectivity index (χ2n) is 4.92.